The van der Waals surface area contributed by atoms with Gasteiger partial charge >= 0.3 is 5.97 Å². The maximum Gasteiger partial charge on any atom is 0.311 e. The van der Waals surface area contributed by atoms with Gasteiger partial charge < -0.3 is 15.0 Å². The molecule has 0 aromatic heterocycles. The lowest BCUT2D eigenvalue weighted by molar-refractivity contribution is -0.151. The minimum absolute atomic E-state index is 0.0828. The second kappa shape index (κ2) is 9.01. The molecule has 1 saturated heterocycles. The summed E-state index contributed by atoms with van der Waals surface area (Å²) in [6.45, 7) is 2.31. The Hall–Kier alpha value is -2.67. The fourth-order valence-corrected chi connectivity index (χ4v) is 3.31. The highest BCUT2D eigenvalue weighted by Crippen LogP contribution is 2.22. The van der Waals surface area contributed by atoms with E-state index in [0.717, 1.165) is 15.6 Å². The summed E-state index contributed by atoms with van der Waals surface area (Å²) in [6, 6.07) is 15.0. The molecule has 0 bridgehead atoms. The van der Waals surface area contributed by atoms with Crippen LogP contribution in [0.4, 0.5) is 5.69 Å². The van der Waals surface area contributed by atoms with Gasteiger partial charge in [-0.05, 0) is 36.2 Å². The summed E-state index contributed by atoms with van der Waals surface area (Å²) in [6.07, 6.45) is 0.110. The summed E-state index contributed by atoms with van der Waals surface area (Å²) in [7, 11) is 0. The minimum atomic E-state index is -0.543. The maximum absolute atomic E-state index is 12.3. The van der Waals surface area contributed by atoms with Crippen LogP contribution in [0.3, 0.4) is 0 Å². The second-order valence-corrected chi connectivity index (χ2v) is 7.64. The first-order valence-electron chi connectivity index (χ1n) is 8.96. The predicted octanol–water partition coefficient (Wildman–Crippen LogP) is 3.29. The van der Waals surface area contributed by atoms with E-state index < -0.39 is 17.8 Å². The van der Waals surface area contributed by atoms with E-state index in [0.29, 0.717) is 18.8 Å². The summed E-state index contributed by atoms with van der Waals surface area (Å²) in [5, 5.41) is 2.69. The van der Waals surface area contributed by atoms with E-state index in [-0.39, 0.29) is 18.9 Å². The third-order valence-electron chi connectivity index (χ3n) is 4.55. The van der Waals surface area contributed by atoms with Crippen molar-refractivity contribution < 1.29 is 19.1 Å². The van der Waals surface area contributed by atoms with Gasteiger partial charge in [-0.2, -0.15) is 0 Å². The zero-order chi connectivity index (χ0) is 20.1. The van der Waals surface area contributed by atoms with Crippen molar-refractivity contribution in [2.75, 3.05) is 18.5 Å². The molecule has 0 saturated carbocycles. The molecule has 7 heteroatoms. The molecule has 1 heterocycles. The minimum Gasteiger partial charge on any atom is -0.455 e. The first kappa shape index (κ1) is 20.1. The predicted molar refractivity (Wildman–Crippen MR) is 108 cm³/mol. The molecule has 2 amide bonds. The Morgan fingerprint density at radius 3 is 2.68 bits per heavy atom. The van der Waals surface area contributed by atoms with Crippen molar-refractivity contribution in [2.24, 2.45) is 5.92 Å². The van der Waals surface area contributed by atoms with Crippen LogP contribution in [0.1, 0.15) is 17.5 Å². The van der Waals surface area contributed by atoms with Gasteiger partial charge in [-0.15, -0.1) is 0 Å². The Bertz CT molecular complexity index is 885. The number of esters is 1. The largest absolute Gasteiger partial charge is 0.455 e. The highest BCUT2D eigenvalue weighted by atomic mass is 79.9. The van der Waals surface area contributed by atoms with E-state index in [2.05, 4.69) is 21.2 Å². The fraction of sp³-hybridized carbons (Fsp3) is 0.286. The first-order chi connectivity index (χ1) is 13.4. The zero-order valence-electron chi connectivity index (χ0n) is 15.5. The van der Waals surface area contributed by atoms with E-state index in [1.807, 2.05) is 49.4 Å². The van der Waals surface area contributed by atoms with Crippen molar-refractivity contribution in [2.45, 2.75) is 19.9 Å². The van der Waals surface area contributed by atoms with Gasteiger partial charge in [0.05, 0.1) is 5.92 Å². The van der Waals surface area contributed by atoms with Crippen LogP contribution in [-0.4, -0.2) is 35.8 Å². The molecular formula is C21H21BrN2O4. The van der Waals surface area contributed by atoms with Gasteiger partial charge in [-0.3, -0.25) is 14.4 Å². The Kier molecular flexibility index (Phi) is 6.46. The monoisotopic (exact) mass is 444 g/mol. The van der Waals surface area contributed by atoms with Crippen molar-refractivity contribution in [3.63, 3.8) is 0 Å². The Balaban J connectivity index is 1.47. The van der Waals surface area contributed by atoms with E-state index in [9.17, 15) is 14.4 Å². The molecule has 1 fully saturated rings. The van der Waals surface area contributed by atoms with Crippen molar-refractivity contribution in [3.05, 3.63) is 64.1 Å². The molecule has 1 aliphatic heterocycles. The number of amides is 2. The number of nitrogens with zero attached hydrogens (tertiary/aromatic N) is 1. The van der Waals surface area contributed by atoms with Crippen molar-refractivity contribution in [3.8, 4) is 0 Å². The van der Waals surface area contributed by atoms with E-state index in [1.54, 1.807) is 11.0 Å². The van der Waals surface area contributed by atoms with Gasteiger partial charge in [-0.25, -0.2) is 0 Å². The Morgan fingerprint density at radius 1 is 1.21 bits per heavy atom. The van der Waals surface area contributed by atoms with Crippen LogP contribution in [0.25, 0.3) is 0 Å². The number of aryl methyl sites for hydroxylation is 1. The number of hydrogen-bond acceptors (Lipinski definition) is 4. The number of anilines is 1. The van der Waals surface area contributed by atoms with Gasteiger partial charge in [0.15, 0.2) is 6.61 Å². The van der Waals surface area contributed by atoms with Gasteiger partial charge in [0.25, 0.3) is 5.91 Å². The van der Waals surface area contributed by atoms with Crippen LogP contribution < -0.4 is 5.32 Å². The Morgan fingerprint density at radius 2 is 1.96 bits per heavy atom. The number of carbonyl (C=O) groups is 3. The number of rotatable bonds is 6. The summed E-state index contributed by atoms with van der Waals surface area (Å²) in [5.41, 5.74) is 2.62. The van der Waals surface area contributed by atoms with Crippen molar-refractivity contribution >= 4 is 39.4 Å². The van der Waals surface area contributed by atoms with Crippen LogP contribution in [0.5, 0.6) is 0 Å². The normalized spacial score (nSPS) is 16.1. The standard InChI is InChI=1S/C21H21BrN2O4/c1-14-9-17(7-8-18(14)22)23-19(25)13-28-21(27)16-10-20(26)24(12-16)11-15-5-3-2-4-6-15/h2-9,16H,10-13H2,1H3,(H,23,25)/t16-/m0/s1. The lowest BCUT2D eigenvalue weighted by Crippen LogP contribution is -2.28. The van der Waals surface area contributed by atoms with Crippen molar-refractivity contribution in [1.29, 1.82) is 0 Å². The van der Waals surface area contributed by atoms with E-state index >= 15 is 0 Å². The summed E-state index contributed by atoms with van der Waals surface area (Å²) < 4.78 is 6.07. The highest BCUT2D eigenvalue weighted by molar-refractivity contribution is 9.10. The number of benzene rings is 2. The second-order valence-electron chi connectivity index (χ2n) is 6.78. The number of carbonyl (C=O) groups excluding carboxylic acids is 3. The molecule has 1 N–H and O–H groups in total. The number of halogens is 1. The lowest BCUT2D eigenvalue weighted by Gasteiger charge is -2.16. The van der Waals surface area contributed by atoms with E-state index in [4.69, 9.17) is 4.74 Å². The lowest BCUT2D eigenvalue weighted by atomic mass is 10.1. The summed E-state index contributed by atoms with van der Waals surface area (Å²) in [4.78, 5) is 38.1. The maximum atomic E-state index is 12.3. The molecule has 6 nitrogen and oxygen atoms in total. The average Bonchev–Trinajstić information content (AvgIpc) is 3.04. The smallest absolute Gasteiger partial charge is 0.311 e. The molecule has 28 heavy (non-hydrogen) atoms. The van der Waals surface area contributed by atoms with Gasteiger partial charge in [-0.1, -0.05) is 46.3 Å². The molecule has 0 unspecified atom stereocenters. The molecule has 2 aromatic rings. The molecule has 2 aromatic carbocycles. The van der Waals surface area contributed by atoms with Gasteiger partial charge in [0, 0.05) is 29.7 Å². The van der Waals surface area contributed by atoms with Crippen LogP contribution in [0.15, 0.2) is 53.0 Å². The third kappa shape index (κ3) is 5.19. The fourth-order valence-electron chi connectivity index (χ4n) is 3.06. The summed E-state index contributed by atoms with van der Waals surface area (Å²) in [5.74, 6) is -1.56. The number of ether oxygens (including phenoxy) is 1. The van der Waals surface area contributed by atoms with E-state index in [1.165, 1.54) is 0 Å². The van der Waals surface area contributed by atoms with Crippen LogP contribution >= 0.6 is 15.9 Å². The van der Waals surface area contributed by atoms with Gasteiger partial charge in [0.2, 0.25) is 5.91 Å². The molecule has 146 valence electrons. The van der Waals surface area contributed by atoms with Crippen LogP contribution in [-0.2, 0) is 25.7 Å². The molecular weight excluding hydrogens is 424 g/mol. The third-order valence-corrected chi connectivity index (χ3v) is 5.44. The van der Waals surface area contributed by atoms with Crippen LogP contribution in [0, 0.1) is 12.8 Å². The first-order valence-corrected chi connectivity index (χ1v) is 9.76. The topological polar surface area (TPSA) is 75.7 Å². The molecule has 0 spiro atoms. The van der Waals surface area contributed by atoms with Gasteiger partial charge in [0.1, 0.15) is 0 Å². The molecule has 0 radical (unpaired) electrons. The molecule has 1 atom stereocenters. The molecule has 0 aliphatic carbocycles. The molecule has 3 rings (SSSR count). The number of likely N-dealkylation sites (tertiary alicyclic amines) is 1. The van der Waals surface area contributed by atoms with Crippen molar-refractivity contribution in [1.82, 2.24) is 4.90 Å². The zero-order valence-corrected chi connectivity index (χ0v) is 17.1. The average molecular weight is 445 g/mol. The number of hydrogen-bond donors (Lipinski definition) is 1. The highest BCUT2D eigenvalue weighted by Gasteiger charge is 2.35. The van der Waals surface area contributed by atoms with Crippen LogP contribution in [0.2, 0.25) is 0 Å². The summed E-state index contributed by atoms with van der Waals surface area (Å²) >= 11 is 3.40. The quantitative estimate of drug-likeness (QED) is 0.693. The SMILES string of the molecule is Cc1cc(NC(=O)COC(=O)[C@H]2CC(=O)N(Cc3ccccc3)C2)ccc1Br. The number of nitrogens with one attached hydrogen (secondary N) is 1. The Labute approximate surface area is 172 Å². The molecule has 1 aliphatic rings.